The van der Waals surface area contributed by atoms with E-state index in [4.69, 9.17) is 0 Å². The van der Waals surface area contributed by atoms with Gasteiger partial charge >= 0.3 is 0 Å². The molecule has 0 bridgehead atoms. The molecule has 2 heteroatoms. The number of rotatable bonds is 4. The average molecular weight is 195 g/mol. The van der Waals surface area contributed by atoms with Crippen molar-refractivity contribution < 1.29 is 4.39 Å². The molecule has 0 aliphatic rings. The first-order valence-corrected chi connectivity index (χ1v) is 5.07. The van der Waals surface area contributed by atoms with E-state index in [1.54, 1.807) is 6.07 Å². The van der Waals surface area contributed by atoms with E-state index in [1.807, 2.05) is 26.2 Å². The van der Waals surface area contributed by atoms with Gasteiger partial charge in [-0.15, -0.1) is 0 Å². The van der Waals surface area contributed by atoms with Crippen LogP contribution in [0.1, 0.15) is 31.4 Å². The Kier molecular flexibility index (Phi) is 4.08. The van der Waals surface area contributed by atoms with Gasteiger partial charge < -0.3 is 4.90 Å². The maximum Gasteiger partial charge on any atom is 0.127 e. The number of nitrogens with zero attached hydrogens (tertiary/aromatic N) is 1. The van der Waals surface area contributed by atoms with E-state index < -0.39 is 0 Å². The van der Waals surface area contributed by atoms with Crippen LogP contribution in [0.4, 0.5) is 4.39 Å². The smallest absolute Gasteiger partial charge is 0.127 e. The minimum Gasteiger partial charge on any atom is -0.302 e. The van der Waals surface area contributed by atoms with E-state index in [-0.39, 0.29) is 11.9 Å². The molecule has 0 aliphatic heterocycles. The molecule has 14 heavy (non-hydrogen) atoms. The maximum atomic E-state index is 13.5. The summed E-state index contributed by atoms with van der Waals surface area (Å²) in [5.41, 5.74) is 0.805. The molecule has 1 rings (SSSR count). The summed E-state index contributed by atoms with van der Waals surface area (Å²) in [7, 11) is 3.99. The minimum absolute atomic E-state index is 0.0975. The normalized spacial score (nSPS) is 13.2. The lowest BCUT2D eigenvalue weighted by molar-refractivity contribution is 0.275. The van der Waals surface area contributed by atoms with Crippen LogP contribution in [0.15, 0.2) is 24.3 Å². The molecule has 0 amide bonds. The monoisotopic (exact) mass is 195 g/mol. The van der Waals surface area contributed by atoms with Crippen LogP contribution in [0.25, 0.3) is 0 Å². The molecule has 0 radical (unpaired) electrons. The van der Waals surface area contributed by atoms with Gasteiger partial charge in [-0.25, -0.2) is 4.39 Å². The second-order valence-corrected chi connectivity index (χ2v) is 3.79. The van der Waals surface area contributed by atoms with Crippen LogP contribution in [-0.4, -0.2) is 19.0 Å². The highest BCUT2D eigenvalue weighted by atomic mass is 19.1. The Bertz CT molecular complexity index is 283. The summed E-state index contributed by atoms with van der Waals surface area (Å²) in [6.45, 7) is 2.12. The number of halogens is 1. The molecule has 1 atom stereocenters. The van der Waals surface area contributed by atoms with E-state index in [0.717, 1.165) is 18.4 Å². The SMILES string of the molecule is CCCC(c1ccccc1F)N(C)C. The predicted molar refractivity (Wildman–Crippen MR) is 57.7 cm³/mol. The standard InChI is InChI=1S/C12H18FN/c1-4-7-12(14(2)3)10-8-5-6-9-11(10)13/h5-6,8-9,12H,4,7H2,1-3H3. The quantitative estimate of drug-likeness (QED) is 0.713. The molecule has 1 nitrogen and oxygen atoms in total. The summed E-state index contributed by atoms with van der Waals surface area (Å²) in [6.07, 6.45) is 2.06. The van der Waals surface area contributed by atoms with Gasteiger partial charge in [0.2, 0.25) is 0 Å². The number of benzene rings is 1. The molecule has 1 aromatic carbocycles. The van der Waals surface area contributed by atoms with Crippen LogP contribution in [-0.2, 0) is 0 Å². The maximum absolute atomic E-state index is 13.5. The molecule has 1 aromatic rings. The first kappa shape index (κ1) is 11.2. The molecular weight excluding hydrogens is 177 g/mol. The molecule has 1 unspecified atom stereocenters. The van der Waals surface area contributed by atoms with Crippen LogP contribution < -0.4 is 0 Å². The van der Waals surface area contributed by atoms with Crippen molar-refractivity contribution in [3.63, 3.8) is 0 Å². The summed E-state index contributed by atoms with van der Waals surface area (Å²) < 4.78 is 13.5. The molecule has 0 heterocycles. The van der Waals surface area contributed by atoms with Crippen molar-refractivity contribution in [1.29, 1.82) is 0 Å². The Morgan fingerprint density at radius 3 is 2.43 bits per heavy atom. The van der Waals surface area contributed by atoms with Gasteiger partial charge in [0.05, 0.1) is 0 Å². The van der Waals surface area contributed by atoms with Gasteiger partial charge in [-0.3, -0.25) is 0 Å². The van der Waals surface area contributed by atoms with E-state index in [9.17, 15) is 4.39 Å². The zero-order valence-corrected chi connectivity index (χ0v) is 9.13. The molecular formula is C12H18FN. The Labute approximate surface area is 85.5 Å². The molecule has 0 saturated heterocycles. The van der Waals surface area contributed by atoms with Gasteiger partial charge in [0.25, 0.3) is 0 Å². The summed E-state index contributed by atoms with van der Waals surface area (Å²) in [5.74, 6) is -0.0975. The zero-order valence-electron chi connectivity index (χ0n) is 9.13. The second-order valence-electron chi connectivity index (χ2n) is 3.79. The van der Waals surface area contributed by atoms with E-state index >= 15 is 0 Å². The topological polar surface area (TPSA) is 3.24 Å². The fraction of sp³-hybridized carbons (Fsp3) is 0.500. The summed E-state index contributed by atoms with van der Waals surface area (Å²) in [6, 6.07) is 7.22. The van der Waals surface area contributed by atoms with Crippen LogP contribution in [0.5, 0.6) is 0 Å². The van der Waals surface area contributed by atoms with Crippen LogP contribution in [0.2, 0.25) is 0 Å². The van der Waals surface area contributed by atoms with Gasteiger partial charge in [0.1, 0.15) is 5.82 Å². The molecule has 0 aliphatic carbocycles. The van der Waals surface area contributed by atoms with Crippen LogP contribution in [0.3, 0.4) is 0 Å². The van der Waals surface area contributed by atoms with Crippen molar-refractivity contribution >= 4 is 0 Å². The average Bonchev–Trinajstić information content (AvgIpc) is 2.15. The number of hydrogen-bond donors (Lipinski definition) is 0. The van der Waals surface area contributed by atoms with Crippen LogP contribution in [0, 0.1) is 5.82 Å². The fourth-order valence-electron chi connectivity index (χ4n) is 1.71. The first-order chi connectivity index (χ1) is 6.66. The molecule has 0 aromatic heterocycles. The number of hydrogen-bond acceptors (Lipinski definition) is 1. The molecule has 0 N–H and O–H groups in total. The largest absolute Gasteiger partial charge is 0.302 e. The predicted octanol–water partition coefficient (Wildman–Crippen LogP) is 3.23. The van der Waals surface area contributed by atoms with Crippen molar-refractivity contribution in [2.75, 3.05) is 14.1 Å². The highest BCUT2D eigenvalue weighted by Crippen LogP contribution is 2.25. The highest BCUT2D eigenvalue weighted by molar-refractivity contribution is 5.21. The van der Waals surface area contributed by atoms with Gasteiger partial charge in [0, 0.05) is 11.6 Å². The molecule has 0 saturated carbocycles. The lowest BCUT2D eigenvalue weighted by Crippen LogP contribution is -2.20. The lowest BCUT2D eigenvalue weighted by Gasteiger charge is -2.24. The van der Waals surface area contributed by atoms with E-state index in [1.165, 1.54) is 6.07 Å². The summed E-state index contributed by atoms with van der Waals surface area (Å²) in [4.78, 5) is 2.07. The van der Waals surface area contributed by atoms with Crippen molar-refractivity contribution in [3.8, 4) is 0 Å². The Morgan fingerprint density at radius 1 is 1.29 bits per heavy atom. The third-order valence-corrected chi connectivity index (χ3v) is 2.45. The Balaban J connectivity index is 2.93. The first-order valence-electron chi connectivity index (χ1n) is 5.07. The molecule has 78 valence electrons. The third kappa shape index (κ3) is 2.55. The summed E-state index contributed by atoms with van der Waals surface area (Å²) >= 11 is 0. The second kappa shape index (κ2) is 5.11. The van der Waals surface area contributed by atoms with Gasteiger partial charge in [-0.05, 0) is 26.6 Å². The van der Waals surface area contributed by atoms with Crippen LogP contribution >= 0.6 is 0 Å². The Morgan fingerprint density at radius 2 is 1.93 bits per heavy atom. The minimum atomic E-state index is -0.0975. The molecule has 0 spiro atoms. The van der Waals surface area contributed by atoms with Gasteiger partial charge in [0.15, 0.2) is 0 Å². The van der Waals surface area contributed by atoms with Gasteiger partial charge in [-0.1, -0.05) is 31.5 Å². The fourth-order valence-corrected chi connectivity index (χ4v) is 1.71. The Hall–Kier alpha value is -0.890. The van der Waals surface area contributed by atoms with E-state index in [0.29, 0.717) is 0 Å². The summed E-state index contributed by atoms with van der Waals surface area (Å²) in [5, 5.41) is 0. The van der Waals surface area contributed by atoms with Crippen molar-refractivity contribution in [3.05, 3.63) is 35.6 Å². The van der Waals surface area contributed by atoms with E-state index in [2.05, 4.69) is 11.8 Å². The highest BCUT2D eigenvalue weighted by Gasteiger charge is 2.15. The molecule has 0 fully saturated rings. The lowest BCUT2D eigenvalue weighted by atomic mass is 10.0. The van der Waals surface area contributed by atoms with Crippen molar-refractivity contribution in [2.45, 2.75) is 25.8 Å². The van der Waals surface area contributed by atoms with Gasteiger partial charge in [-0.2, -0.15) is 0 Å². The van der Waals surface area contributed by atoms with Crippen molar-refractivity contribution in [2.24, 2.45) is 0 Å². The zero-order chi connectivity index (χ0) is 10.6. The third-order valence-electron chi connectivity index (χ3n) is 2.45. The van der Waals surface area contributed by atoms with Crippen molar-refractivity contribution in [1.82, 2.24) is 4.90 Å².